The molecule has 6 heteroatoms. The van der Waals surface area contributed by atoms with Crippen molar-refractivity contribution in [1.29, 1.82) is 0 Å². The first-order valence-electron chi connectivity index (χ1n) is 7.43. The van der Waals surface area contributed by atoms with E-state index in [1.807, 2.05) is 24.3 Å². The summed E-state index contributed by atoms with van der Waals surface area (Å²) in [5, 5.41) is 10.7. The predicted octanol–water partition coefficient (Wildman–Crippen LogP) is 4.11. The topological polar surface area (TPSA) is 73.3 Å². The summed E-state index contributed by atoms with van der Waals surface area (Å²) >= 11 is 0. The van der Waals surface area contributed by atoms with Gasteiger partial charge in [-0.1, -0.05) is 19.1 Å². The minimum atomic E-state index is -0.415. The third kappa shape index (κ3) is 3.11. The van der Waals surface area contributed by atoms with Crippen LogP contribution in [0.25, 0.3) is 11.0 Å². The van der Waals surface area contributed by atoms with Gasteiger partial charge in [0.15, 0.2) is 0 Å². The Morgan fingerprint density at radius 1 is 1.22 bits per heavy atom. The first-order valence-corrected chi connectivity index (χ1v) is 7.43. The first-order chi connectivity index (χ1) is 11.2. The number of aromatic nitrogens is 2. The van der Waals surface area contributed by atoms with Gasteiger partial charge in [-0.15, -0.1) is 0 Å². The zero-order valence-electron chi connectivity index (χ0n) is 12.7. The summed E-state index contributed by atoms with van der Waals surface area (Å²) in [6, 6.07) is 14.2. The van der Waals surface area contributed by atoms with Crippen LogP contribution in [0.15, 0.2) is 53.5 Å². The molecule has 1 aromatic heterocycles. The molecule has 3 aromatic rings. The van der Waals surface area contributed by atoms with Crippen molar-refractivity contribution >= 4 is 28.9 Å². The molecule has 0 atom stereocenters. The highest BCUT2D eigenvalue weighted by atomic mass is 16.6. The van der Waals surface area contributed by atoms with Gasteiger partial charge in [0.2, 0.25) is 5.95 Å². The number of hydrogen-bond donors (Lipinski definition) is 0. The third-order valence-electron chi connectivity index (χ3n) is 3.51. The quantitative estimate of drug-likeness (QED) is 0.404. The molecule has 2 aromatic carbocycles. The summed E-state index contributed by atoms with van der Waals surface area (Å²) in [5.74, 6) is 0.645. The Balaban J connectivity index is 1.93. The summed E-state index contributed by atoms with van der Waals surface area (Å²) in [6.07, 6.45) is 2.66. The highest BCUT2D eigenvalue weighted by Gasteiger charge is 2.08. The molecule has 23 heavy (non-hydrogen) atoms. The normalized spacial score (nSPS) is 11.3. The molecule has 0 aliphatic rings. The number of benzene rings is 2. The molecule has 0 aliphatic heterocycles. The van der Waals surface area contributed by atoms with Crippen molar-refractivity contribution in [3.8, 4) is 0 Å². The van der Waals surface area contributed by atoms with Gasteiger partial charge >= 0.3 is 0 Å². The number of hydrogen-bond acceptors (Lipinski definition) is 4. The molecule has 0 saturated heterocycles. The Kier molecular flexibility index (Phi) is 4.14. The Morgan fingerprint density at radius 3 is 2.65 bits per heavy atom. The maximum atomic E-state index is 10.7. The highest BCUT2D eigenvalue weighted by molar-refractivity contribution is 5.84. The van der Waals surface area contributed by atoms with Gasteiger partial charge in [-0.2, -0.15) is 0 Å². The molecule has 0 bridgehead atoms. The summed E-state index contributed by atoms with van der Waals surface area (Å²) in [5.41, 5.74) is 2.84. The second kappa shape index (κ2) is 6.39. The Labute approximate surface area is 133 Å². The maximum Gasteiger partial charge on any atom is 0.269 e. The lowest BCUT2D eigenvalue weighted by molar-refractivity contribution is -0.384. The molecule has 0 fully saturated rings. The largest absolute Gasteiger partial charge is 0.308 e. The molecular weight excluding hydrogens is 292 g/mol. The van der Waals surface area contributed by atoms with Gasteiger partial charge < -0.3 is 4.57 Å². The minimum Gasteiger partial charge on any atom is -0.308 e. The van der Waals surface area contributed by atoms with E-state index in [0.717, 1.165) is 29.6 Å². The SMILES string of the molecule is CCCn1c(N=Cc2ccc([N+](=O)[O-])cc2)nc2ccccc21. The fourth-order valence-electron chi connectivity index (χ4n) is 2.42. The highest BCUT2D eigenvalue weighted by Crippen LogP contribution is 2.22. The molecular formula is C17H16N4O2. The average Bonchev–Trinajstić information content (AvgIpc) is 2.92. The van der Waals surface area contributed by atoms with Gasteiger partial charge in [-0.05, 0) is 36.2 Å². The van der Waals surface area contributed by atoms with E-state index in [9.17, 15) is 10.1 Å². The molecule has 6 nitrogen and oxygen atoms in total. The van der Waals surface area contributed by atoms with Crippen LogP contribution in [0.3, 0.4) is 0 Å². The van der Waals surface area contributed by atoms with Crippen molar-refractivity contribution in [3.63, 3.8) is 0 Å². The number of rotatable bonds is 5. The van der Waals surface area contributed by atoms with Crippen LogP contribution in [-0.2, 0) is 6.54 Å². The van der Waals surface area contributed by atoms with Crippen LogP contribution < -0.4 is 0 Å². The number of fused-ring (bicyclic) bond motifs is 1. The zero-order chi connectivity index (χ0) is 16.2. The van der Waals surface area contributed by atoms with Crippen LogP contribution in [0.4, 0.5) is 11.6 Å². The Hall–Kier alpha value is -3.02. The van der Waals surface area contributed by atoms with Crippen LogP contribution in [-0.4, -0.2) is 20.7 Å². The molecule has 0 amide bonds. The van der Waals surface area contributed by atoms with Gasteiger partial charge in [-0.25, -0.2) is 9.98 Å². The van der Waals surface area contributed by atoms with E-state index in [4.69, 9.17) is 0 Å². The molecule has 0 radical (unpaired) electrons. The van der Waals surface area contributed by atoms with Crippen molar-refractivity contribution in [2.75, 3.05) is 0 Å². The molecule has 116 valence electrons. The number of nitro groups is 1. The van der Waals surface area contributed by atoms with Crippen molar-refractivity contribution in [1.82, 2.24) is 9.55 Å². The Bertz CT molecular complexity index is 866. The average molecular weight is 308 g/mol. The number of aryl methyl sites for hydroxylation is 1. The van der Waals surface area contributed by atoms with E-state index in [-0.39, 0.29) is 5.69 Å². The fourth-order valence-corrected chi connectivity index (χ4v) is 2.42. The maximum absolute atomic E-state index is 10.7. The first kappa shape index (κ1) is 14.9. The number of nitro benzene ring substituents is 1. The van der Waals surface area contributed by atoms with E-state index in [1.54, 1.807) is 18.3 Å². The van der Waals surface area contributed by atoms with Crippen molar-refractivity contribution in [2.24, 2.45) is 4.99 Å². The van der Waals surface area contributed by atoms with E-state index in [2.05, 4.69) is 21.5 Å². The van der Waals surface area contributed by atoms with Crippen LogP contribution in [0.1, 0.15) is 18.9 Å². The van der Waals surface area contributed by atoms with Crippen molar-refractivity contribution in [3.05, 3.63) is 64.2 Å². The third-order valence-corrected chi connectivity index (χ3v) is 3.51. The number of para-hydroxylation sites is 2. The van der Waals surface area contributed by atoms with Gasteiger partial charge in [0.25, 0.3) is 5.69 Å². The van der Waals surface area contributed by atoms with Crippen LogP contribution >= 0.6 is 0 Å². The summed E-state index contributed by atoms with van der Waals surface area (Å²) in [4.78, 5) is 19.3. The molecule has 1 heterocycles. The minimum absolute atomic E-state index is 0.0698. The monoisotopic (exact) mass is 308 g/mol. The van der Waals surface area contributed by atoms with E-state index in [0.29, 0.717) is 5.95 Å². The number of nitrogens with zero attached hydrogens (tertiary/aromatic N) is 4. The van der Waals surface area contributed by atoms with E-state index >= 15 is 0 Å². The molecule has 0 N–H and O–H groups in total. The second-order valence-corrected chi connectivity index (χ2v) is 5.16. The lowest BCUT2D eigenvalue weighted by atomic mass is 10.2. The molecule has 0 spiro atoms. The Morgan fingerprint density at radius 2 is 1.96 bits per heavy atom. The fraction of sp³-hybridized carbons (Fsp3) is 0.176. The van der Waals surface area contributed by atoms with E-state index < -0.39 is 4.92 Å². The summed E-state index contributed by atoms with van der Waals surface area (Å²) < 4.78 is 2.08. The van der Waals surface area contributed by atoms with Crippen LogP contribution in [0, 0.1) is 10.1 Å². The van der Waals surface area contributed by atoms with Gasteiger partial charge in [0.05, 0.1) is 16.0 Å². The van der Waals surface area contributed by atoms with Gasteiger partial charge in [-0.3, -0.25) is 10.1 Å². The predicted molar refractivity (Wildman–Crippen MR) is 90.4 cm³/mol. The van der Waals surface area contributed by atoms with Crippen molar-refractivity contribution in [2.45, 2.75) is 19.9 Å². The molecule has 0 unspecified atom stereocenters. The zero-order valence-corrected chi connectivity index (χ0v) is 12.7. The number of non-ortho nitro benzene ring substituents is 1. The lowest BCUT2D eigenvalue weighted by Gasteiger charge is -2.03. The van der Waals surface area contributed by atoms with E-state index in [1.165, 1.54) is 12.1 Å². The molecule has 3 rings (SSSR count). The van der Waals surface area contributed by atoms with Gasteiger partial charge in [0, 0.05) is 24.9 Å². The summed E-state index contributed by atoms with van der Waals surface area (Å²) in [6.45, 7) is 2.95. The number of aliphatic imine (C=N–C) groups is 1. The standard InChI is InChI=1S/C17H16N4O2/c1-2-11-20-16-6-4-3-5-15(16)19-17(20)18-12-13-7-9-14(10-8-13)21(22)23/h3-10,12H,2,11H2,1H3. The molecule has 0 saturated carbocycles. The second-order valence-electron chi connectivity index (χ2n) is 5.16. The molecule has 0 aliphatic carbocycles. The summed E-state index contributed by atoms with van der Waals surface area (Å²) in [7, 11) is 0. The van der Waals surface area contributed by atoms with Crippen LogP contribution in [0.5, 0.6) is 0 Å². The number of imidazole rings is 1. The lowest BCUT2D eigenvalue weighted by Crippen LogP contribution is -1.96. The van der Waals surface area contributed by atoms with Crippen LogP contribution in [0.2, 0.25) is 0 Å². The van der Waals surface area contributed by atoms with Crippen molar-refractivity contribution < 1.29 is 4.92 Å². The van der Waals surface area contributed by atoms with Gasteiger partial charge in [0.1, 0.15) is 0 Å². The smallest absolute Gasteiger partial charge is 0.269 e.